The van der Waals surface area contributed by atoms with E-state index in [-0.39, 0.29) is 45.9 Å². The van der Waals surface area contributed by atoms with Crippen molar-refractivity contribution in [1.29, 1.82) is 5.26 Å². The van der Waals surface area contributed by atoms with E-state index in [1.165, 1.54) is 10.8 Å². The molecule has 0 radical (unpaired) electrons. The third-order valence-corrected chi connectivity index (χ3v) is 5.89. The summed E-state index contributed by atoms with van der Waals surface area (Å²) >= 11 is 0.985. The number of halogens is 1. The first-order chi connectivity index (χ1) is 16.8. The molecular formula is C23H29FN6O4S. The average molecular weight is 505 g/mol. The van der Waals surface area contributed by atoms with Gasteiger partial charge in [-0.05, 0) is 32.2 Å². The molecule has 0 aliphatic rings. The molecule has 2 amide bonds. The first-order valence-electron chi connectivity index (χ1n) is 10.9. The lowest BCUT2D eigenvalue weighted by atomic mass is 10.2. The Bertz CT molecular complexity index is 1250. The summed E-state index contributed by atoms with van der Waals surface area (Å²) in [5.74, 6) is -0.909. The van der Waals surface area contributed by atoms with Gasteiger partial charge in [-0.3, -0.25) is 23.9 Å². The highest BCUT2D eigenvalue weighted by Crippen LogP contribution is 2.15. The SMILES string of the molecule is CCn1c(=O)/c(=C\Nc2cccc(NC(=O)CN(C)CCOC)c2)s/c1=C(/C#N)C(=O)NCCF. The number of alkyl halides is 1. The summed E-state index contributed by atoms with van der Waals surface area (Å²) < 4.78 is 19.2. The summed E-state index contributed by atoms with van der Waals surface area (Å²) in [5, 5.41) is 17.6. The molecule has 1 aromatic heterocycles. The molecule has 2 rings (SSSR count). The Morgan fingerprint density at radius 2 is 2.09 bits per heavy atom. The van der Waals surface area contributed by atoms with Crippen molar-refractivity contribution >= 4 is 46.3 Å². The summed E-state index contributed by atoms with van der Waals surface area (Å²) in [4.78, 5) is 39.1. The Labute approximate surface area is 206 Å². The molecule has 1 aromatic carbocycles. The smallest absolute Gasteiger partial charge is 0.270 e. The predicted octanol–water partition coefficient (Wildman–Crippen LogP) is 0.0565. The van der Waals surface area contributed by atoms with Crippen molar-refractivity contribution in [2.75, 3.05) is 57.7 Å². The van der Waals surface area contributed by atoms with E-state index in [9.17, 15) is 24.0 Å². The Morgan fingerprint density at radius 3 is 2.74 bits per heavy atom. The van der Waals surface area contributed by atoms with E-state index in [0.717, 1.165) is 11.3 Å². The second-order valence-electron chi connectivity index (χ2n) is 7.40. The van der Waals surface area contributed by atoms with Crippen LogP contribution < -0.4 is 30.7 Å². The number of methoxy groups -OCH3 is 1. The van der Waals surface area contributed by atoms with Gasteiger partial charge in [0.2, 0.25) is 5.91 Å². The van der Waals surface area contributed by atoms with Crippen LogP contribution in [0.5, 0.6) is 0 Å². The zero-order valence-corrected chi connectivity index (χ0v) is 20.7. The number of aromatic nitrogens is 1. The van der Waals surface area contributed by atoms with E-state index in [1.807, 2.05) is 18.0 Å². The third-order valence-electron chi connectivity index (χ3n) is 4.76. The molecule has 0 aliphatic carbocycles. The van der Waals surface area contributed by atoms with Gasteiger partial charge in [-0.25, -0.2) is 4.39 Å². The summed E-state index contributed by atoms with van der Waals surface area (Å²) in [6, 6.07) is 8.79. The molecule has 0 saturated carbocycles. The number of amides is 2. The number of likely N-dealkylation sites (N-methyl/N-ethyl adjacent to an activating group) is 1. The van der Waals surface area contributed by atoms with E-state index < -0.39 is 12.6 Å². The molecule has 188 valence electrons. The van der Waals surface area contributed by atoms with Crippen LogP contribution in [0, 0.1) is 11.3 Å². The first-order valence-corrected chi connectivity index (χ1v) is 11.7. The minimum absolute atomic E-state index is 0.177. The molecule has 0 atom stereocenters. The number of rotatable bonds is 12. The Hall–Kier alpha value is -3.53. The zero-order valence-electron chi connectivity index (χ0n) is 19.9. The molecule has 1 heterocycles. The number of nitriles is 1. The van der Waals surface area contributed by atoms with E-state index in [0.29, 0.717) is 24.5 Å². The number of carbonyl (C=O) groups excluding carboxylic acids is 2. The summed E-state index contributed by atoms with van der Waals surface area (Å²) in [6.07, 6.45) is 1.48. The number of anilines is 2. The van der Waals surface area contributed by atoms with Gasteiger partial charge >= 0.3 is 0 Å². The molecule has 0 fully saturated rings. The number of carbonyl (C=O) groups is 2. The number of nitrogens with one attached hydrogen (secondary N) is 3. The van der Waals surface area contributed by atoms with Gasteiger partial charge in [-0.15, -0.1) is 11.3 Å². The average Bonchev–Trinajstić information content (AvgIpc) is 3.15. The van der Waals surface area contributed by atoms with E-state index in [2.05, 4.69) is 16.0 Å². The number of ether oxygens (including phenoxy) is 1. The van der Waals surface area contributed by atoms with Gasteiger partial charge in [0.25, 0.3) is 11.5 Å². The number of hydrogen-bond acceptors (Lipinski definition) is 8. The van der Waals surface area contributed by atoms with Crippen LogP contribution in [-0.2, 0) is 20.9 Å². The van der Waals surface area contributed by atoms with E-state index >= 15 is 0 Å². The molecule has 12 heteroatoms. The second kappa shape index (κ2) is 14.0. The van der Waals surface area contributed by atoms with Crippen LogP contribution in [0.2, 0.25) is 0 Å². The highest BCUT2D eigenvalue weighted by Gasteiger charge is 2.15. The molecule has 0 unspecified atom stereocenters. The summed E-state index contributed by atoms with van der Waals surface area (Å²) in [5.41, 5.74) is 0.589. The molecule has 0 saturated heterocycles. The van der Waals surface area contributed by atoms with Crippen LogP contribution in [-0.4, -0.2) is 68.4 Å². The highest BCUT2D eigenvalue weighted by atomic mass is 32.1. The van der Waals surface area contributed by atoms with Gasteiger partial charge in [0.1, 0.15) is 21.9 Å². The van der Waals surface area contributed by atoms with Crippen molar-refractivity contribution in [2.24, 2.45) is 0 Å². The quantitative estimate of drug-likeness (QED) is 0.373. The molecule has 0 spiro atoms. The fourth-order valence-electron chi connectivity index (χ4n) is 3.04. The van der Waals surface area contributed by atoms with Gasteiger partial charge in [-0.2, -0.15) is 5.26 Å². The van der Waals surface area contributed by atoms with Crippen molar-refractivity contribution in [2.45, 2.75) is 13.5 Å². The van der Waals surface area contributed by atoms with Gasteiger partial charge < -0.3 is 20.7 Å². The topological polar surface area (TPSA) is 128 Å². The predicted molar refractivity (Wildman–Crippen MR) is 134 cm³/mol. The molecule has 35 heavy (non-hydrogen) atoms. The lowest BCUT2D eigenvalue weighted by molar-refractivity contribution is -0.117. The van der Waals surface area contributed by atoms with Crippen LogP contribution in [0.25, 0.3) is 11.8 Å². The van der Waals surface area contributed by atoms with Gasteiger partial charge in [-0.1, -0.05) is 6.07 Å². The zero-order chi connectivity index (χ0) is 25.8. The molecule has 0 aliphatic heterocycles. The first kappa shape index (κ1) is 27.7. The Balaban J connectivity index is 2.25. The van der Waals surface area contributed by atoms with Gasteiger partial charge in [0.15, 0.2) is 5.57 Å². The summed E-state index contributed by atoms with van der Waals surface area (Å²) in [7, 11) is 3.42. The normalized spacial score (nSPS) is 12.3. The molecule has 10 nitrogen and oxygen atoms in total. The van der Waals surface area contributed by atoms with E-state index in [4.69, 9.17) is 4.74 Å². The fourth-order valence-corrected chi connectivity index (χ4v) is 4.13. The van der Waals surface area contributed by atoms with Crippen molar-refractivity contribution in [1.82, 2.24) is 14.8 Å². The number of hydrogen-bond donors (Lipinski definition) is 3. The lowest BCUT2D eigenvalue weighted by Crippen LogP contribution is -2.35. The van der Waals surface area contributed by atoms with Crippen LogP contribution in [0.15, 0.2) is 29.1 Å². The maximum absolute atomic E-state index is 12.8. The van der Waals surface area contributed by atoms with Crippen LogP contribution >= 0.6 is 11.3 Å². The number of nitrogens with zero attached hydrogens (tertiary/aromatic N) is 3. The lowest BCUT2D eigenvalue weighted by Gasteiger charge is -2.15. The monoisotopic (exact) mass is 504 g/mol. The number of benzene rings is 1. The third kappa shape index (κ3) is 8.03. The fraction of sp³-hybridized carbons (Fsp3) is 0.391. The van der Waals surface area contributed by atoms with Crippen molar-refractivity contribution in [3.63, 3.8) is 0 Å². The van der Waals surface area contributed by atoms with Crippen molar-refractivity contribution in [3.8, 4) is 6.07 Å². The van der Waals surface area contributed by atoms with Gasteiger partial charge in [0.05, 0.1) is 13.2 Å². The Kier molecular flexibility index (Phi) is 11.1. The molecule has 3 N–H and O–H groups in total. The van der Waals surface area contributed by atoms with E-state index in [1.54, 1.807) is 38.3 Å². The standard InChI is InChI=1S/C23H29FN6O4S/c1-4-30-22(33)19(35-23(30)18(13-25)21(32)26-9-8-24)14-27-16-6-5-7-17(12-16)28-20(31)15-29(2)10-11-34-3/h5-7,12,14,27H,4,8-11,15H2,1-3H3,(H,26,32)(H,28,31)/b19-14+,23-18-. The van der Waals surface area contributed by atoms with Crippen LogP contribution in [0.3, 0.4) is 0 Å². The van der Waals surface area contributed by atoms with Gasteiger partial charge in [0, 0.05) is 44.3 Å². The Morgan fingerprint density at radius 1 is 1.34 bits per heavy atom. The largest absolute Gasteiger partial charge is 0.383 e. The molecule has 0 bridgehead atoms. The minimum Gasteiger partial charge on any atom is -0.383 e. The van der Waals surface area contributed by atoms with Crippen molar-refractivity contribution in [3.05, 3.63) is 43.8 Å². The highest BCUT2D eigenvalue weighted by molar-refractivity contribution is 7.07. The molecular weight excluding hydrogens is 475 g/mol. The van der Waals surface area contributed by atoms with Crippen LogP contribution in [0.4, 0.5) is 15.8 Å². The maximum Gasteiger partial charge on any atom is 0.270 e. The number of thiazole rings is 1. The summed E-state index contributed by atoms with van der Waals surface area (Å²) in [6.45, 7) is 2.35. The van der Waals surface area contributed by atoms with Crippen molar-refractivity contribution < 1.29 is 18.7 Å². The second-order valence-corrected chi connectivity index (χ2v) is 8.43. The molecule has 2 aromatic rings. The van der Waals surface area contributed by atoms with Crippen LogP contribution in [0.1, 0.15) is 6.92 Å². The minimum atomic E-state index is -0.761. The maximum atomic E-state index is 12.8.